The first kappa shape index (κ1) is 31.3. The van der Waals surface area contributed by atoms with Crippen molar-refractivity contribution < 1.29 is 28.2 Å². The number of para-hydroxylation sites is 1. The van der Waals surface area contributed by atoms with Crippen LogP contribution >= 0.6 is 11.3 Å². The van der Waals surface area contributed by atoms with Crippen molar-refractivity contribution in [1.29, 1.82) is 0 Å². The van der Waals surface area contributed by atoms with Gasteiger partial charge in [-0.05, 0) is 67.9 Å². The Balaban J connectivity index is 1.45. The second-order valence-electron chi connectivity index (χ2n) is 10.7. The van der Waals surface area contributed by atoms with Gasteiger partial charge in [0.1, 0.15) is 29.1 Å². The van der Waals surface area contributed by atoms with Crippen molar-refractivity contribution in [2.24, 2.45) is 4.99 Å². The first-order chi connectivity index (χ1) is 22.7. The first-order valence-electron chi connectivity index (χ1n) is 14.6. The number of carbonyl (C=O) groups is 2. The number of rotatable bonds is 8. The molecular weight excluding hydrogens is 618 g/mol. The Labute approximate surface area is 273 Å². The quantitative estimate of drug-likeness (QED) is 0.228. The largest absolute Gasteiger partial charge is 0.497 e. The maximum atomic E-state index is 14.2. The van der Waals surface area contributed by atoms with Gasteiger partial charge in [-0.2, -0.15) is 0 Å². The minimum absolute atomic E-state index is 0.308. The maximum absolute atomic E-state index is 14.2. The summed E-state index contributed by atoms with van der Waals surface area (Å²) in [6, 6.07) is 22.3. The van der Waals surface area contributed by atoms with Crippen LogP contribution in [0, 0.1) is 6.92 Å². The van der Waals surface area contributed by atoms with Crippen LogP contribution in [0.5, 0.6) is 11.5 Å². The summed E-state index contributed by atoms with van der Waals surface area (Å²) in [7, 11) is 4.42. The van der Waals surface area contributed by atoms with E-state index in [1.165, 1.54) is 30.1 Å². The number of carbonyl (C=O) groups excluding carboxylic acids is 2. The van der Waals surface area contributed by atoms with Crippen LogP contribution in [0.25, 0.3) is 17.4 Å². The van der Waals surface area contributed by atoms with Gasteiger partial charge in [-0.3, -0.25) is 14.2 Å². The average Bonchev–Trinajstić information content (AvgIpc) is 3.67. The summed E-state index contributed by atoms with van der Waals surface area (Å²) >= 11 is 1.20. The van der Waals surface area contributed by atoms with E-state index in [1.807, 2.05) is 31.2 Å². The van der Waals surface area contributed by atoms with Crippen molar-refractivity contribution in [1.82, 2.24) is 4.57 Å². The monoisotopic (exact) mass is 649 g/mol. The summed E-state index contributed by atoms with van der Waals surface area (Å²) in [6.07, 6.45) is 1.66. The molecule has 3 heterocycles. The Morgan fingerprint density at radius 3 is 2.45 bits per heavy atom. The van der Waals surface area contributed by atoms with Gasteiger partial charge in [0, 0.05) is 29.0 Å². The van der Waals surface area contributed by atoms with Crippen LogP contribution < -0.4 is 29.7 Å². The minimum Gasteiger partial charge on any atom is -0.497 e. The fraction of sp³-hybridized carbons (Fsp3) is 0.167. The van der Waals surface area contributed by atoms with E-state index < -0.39 is 12.0 Å². The summed E-state index contributed by atoms with van der Waals surface area (Å²) in [5.74, 6) is 1.24. The number of aryl methyl sites for hydroxylation is 1. The molecule has 0 fully saturated rings. The zero-order valence-electron chi connectivity index (χ0n) is 26.3. The molecule has 6 rings (SSSR count). The number of nitrogens with zero attached hydrogens (tertiary/aromatic N) is 2. The Morgan fingerprint density at radius 1 is 0.957 bits per heavy atom. The van der Waals surface area contributed by atoms with E-state index in [9.17, 15) is 14.4 Å². The zero-order chi connectivity index (χ0) is 33.2. The van der Waals surface area contributed by atoms with Crippen molar-refractivity contribution in [3.05, 3.63) is 132 Å². The number of fused-ring (bicyclic) bond motifs is 1. The van der Waals surface area contributed by atoms with Gasteiger partial charge in [0.2, 0.25) is 0 Å². The molecule has 1 amide bonds. The van der Waals surface area contributed by atoms with E-state index >= 15 is 0 Å². The standard InChI is InChI=1S/C36H31N3O7S/c1-20-17-22(35(42)45-5)11-14-26(20)28-16-13-25(46-28)19-30-34(41)39-32(27-15-12-24(43-3)18-29(27)44-4)31(21(2)37-36(39)47-30)33(40)38-23-9-7-6-8-10-23/h6-19,32H,1-5H3,(H,38,40)/b30-19+/t32-/m1/s1. The molecule has 2 aromatic heterocycles. The minimum atomic E-state index is -0.846. The molecule has 0 radical (unpaired) electrons. The summed E-state index contributed by atoms with van der Waals surface area (Å²) in [4.78, 5) is 45.2. The summed E-state index contributed by atoms with van der Waals surface area (Å²) in [6.45, 7) is 3.63. The molecule has 1 N–H and O–H groups in total. The predicted molar refractivity (Wildman–Crippen MR) is 179 cm³/mol. The van der Waals surface area contributed by atoms with E-state index in [0.717, 1.165) is 11.1 Å². The second kappa shape index (κ2) is 13.0. The highest BCUT2D eigenvalue weighted by molar-refractivity contribution is 7.07. The van der Waals surface area contributed by atoms with Gasteiger partial charge in [-0.25, -0.2) is 9.79 Å². The molecule has 1 atom stereocenters. The number of hydrogen-bond acceptors (Lipinski definition) is 9. The predicted octanol–water partition coefficient (Wildman–Crippen LogP) is 5.25. The molecule has 47 heavy (non-hydrogen) atoms. The number of allylic oxidation sites excluding steroid dienone is 1. The lowest BCUT2D eigenvalue weighted by atomic mass is 9.94. The van der Waals surface area contributed by atoms with Crippen LogP contribution in [0.1, 0.15) is 40.2 Å². The second-order valence-corrected chi connectivity index (χ2v) is 11.7. The lowest BCUT2D eigenvalue weighted by Crippen LogP contribution is -2.40. The van der Waals surface area contributed by atoms with Crippen LogP contribution in [0.4, 0.5) is 5.69 Å². The number of hydrogen-bond donors (Lipinski definition) is 1. The van der Waals surface area contributed by atoms with Crippen molar-refractivity contribution in [2.45, 2.75) is 19.9 Å². The number of thiazole rings is 1. The summed E-state index contributed by atoms with van der Waals surface area (Å²) < 4.78 is 24.0. The van der Waals surface area contributed by atoms with Crippen LogP contribution in [0.3, 0.4) is 0 Å². The molecule has 10 nitrogen and oxygen atoms in total. The van der Waals surface area contributed by atoms with Crippen LogP contribution in [0.2, 0.25) is 0 Å². The van der Waals surface area contributed by atoms with Gasteiger partial charge in [-0.1, -0.05) is 35.6 Å². The highest BCUT2D eigenvalue weighted by atomic mass is 32.1. The van der Waals surface area contributed by atoms with E-state index in [-0.39, 0.29) is 11.5 Å². The topological polar surface area (TPSA) is 121 Å². The van der Waals surface area contributed by atoms with E-state index in [1.54, 1.807) is 74.7 Å². The van der Waals surface area contributed by atoms with Gasteiger partial charge < -0.3 is 23.9 Å². The highest BCUT2D eigenvalue weighted by Crippen LogP contribution is 2.37. The van der Waals surface area contributed by atoms with Crippen LogP contribution in [-0.4, -0.2) is 37.8 Å². The number of amides is 1. The van der Waals surface area contributed by atoms with Gasteiger partial charge in [0.25, 0.3) is 11.5 Å². The van der Waals surface area contributed by atoms with Crippen LogP contribution in [0.15, 0.2) is 104 Å². The van der Waals surface area contributed by atoms with E-state index in [2.05, 4.69) is 5.32 Å². The fourth-order valence-electron chi connectivity index (χ4n) is 5.56. The molecule has 5 aromatic rings. The molecule has 0 spiro atoms. The van der Waals surface area contributed by atoms with Crippen molar-refractivity contribution in [3.8, 4) is 22.8 Å². The Hall–Kier alpha value is -5.68. The molecular formula is C36H31N3O7S. The van der Waals surface area contributed by atoms with Gasteiger partial charge in [0.05, 0.1) is 42.7 Å². The summed E-state index contributed by atoms with van der Waals surface area (Å²) in [5.41, 5.74) is 3.72. The summed E-state index contributed by atoms with van der Waals surface area (Å²) in [5, 5.41) is 2.95. The molecule has 0 aliphatic carbocycles. The van der Waals surface area contributed by atoms with E-state index in [4.69, 9.17) is 23.6 Å². The van der Waals surface area contributed by atoms with Gasteiger partial charge in [-0.15, -0.1) is 0 Å². The SMILES string of the molecule is COC(=O)c1ccc(-c2ccc(/C=c3/sc4n(c3=O)[C@H](c3ccc(OC)cc3OC)C(C(=O)Nc3ccccc3)=C(C)N=4)o2)c(C)c1. The number of aromatic nitrogens is 1. The van der Waals surface area contributed by atoms with E-state index in [0.29, 0.717) is 60.4 Å². The molecule has 0 saturated heterocycles. The number of anilines is 1. The number of benzene rings is 3. The molecule has 1 aliphatic rings. The molecule has 3 aromatic carbocycles. The number of ether oxygens (including phenoxy) is 3. The molecule has 1 aliphatic heterocycles. The van der Waals surface area contributed by atoms with Crippen molar-refractivity contribution in [2.75, 3.05) is 26.6 Å². The third kappa shape index (κ3) is 6.00. The first-order valence-corrected chi connectivity index (χ1v) is 15.4. The number of methoxy groups -OCH3 is 3. The van der Waals surface area contributed by atoms with Crippen LogP contribution in [-0.2, 0) is 9.53 Å². The Morgan fingerprint density at radius 2 is 1.74 bits per heavy atom. The van der Waals surface area contributed by atoms with Gasteiger partial charge in [0.15, 0.2) is 4.80 Å². The molecule has 0 saturated carbocycles. The lowest BCUT2D eigenvalue weighted by molar-refractivity contribution is -0.113. The molecule has 0 unspecified atom stereocenters. The normalized spacial score (nSPS) is 14.3. The molecule has 11 heteroatoms. The number of furan rings is 1. The third-order valence-electron chi connectivity index (χ3n) is 7.85. The molecule has 0 bridgehead atoms. The van der Waals surface area contributed by atoms with Crippen molar-refractivity contribution in [3.63, 3.8) is 0 Å². The number of nitrogens with one attached hydrogen (secondary N) is 1. The highest BCUT2D eigenvalue weighted by Gasteiger charge is 2.34. The Bertz CT molecular complexity index is 2230. The average molecular weight is 650 g/mol. The Kier molecular flexibility index (Phi) is 8.64. The smallest absolute Gasteiger partial charge is 0.337 e. The van der Waals surface area contributed by atoms with Crippen molar-refractivity contribution >= 4 is 35.0 Å². The number of esters is 1. The third-order valence-corrected chi connectivity index (χ3v) is 8.83. The molecule has 238 valence electrons. The zero-order valence-corrected chi connectivity index (χ0v) is 27.1. The fourth-order valence-corrected chi connectivity index (χ4v) is 6.59. The van der Waals surface area contributed by atoms with Gasteiger partial charge >= 0.3 is 5.97 Å². The maximum Gasteiger partial charge on any atom is 0.337 e. The lowest BCUT2D eigenvalue weighted by Gasteiger charge is -2.26.